The van der Waals surface area contributed by atoms with E-state index < -0.39 is 5.60 Å². The Labute approximate surface area is 326 Å². The number of piperidine rings is 2. The van der Waals surface area contributed by atoms with Gasteiger partial charge in [-0.25, -0.2) is 14.8 Å². The zero-order chi connectivity index (χ0) is 38.0. The average Bonchev–Trinajstić information content (AvgIpc) is 3.74. The third-order valence-corrected chi connectivity index (χ3v) is 12.3. The van der Waals surface area contributed by atoms with Crippen molar-refractivity contribution < 1.29 is 14.3 Å². The lowest BCUT2D eigenvalue weighted by Gasteiger charge is -2.40. The maximum Gasteiger partial charge on any atom is 0.410 e. The summed E-state index contributed by atoms with van der Waals surface area (Å²) < 4.78 is 11.8. The number of aromatic nitrogens is 2. The summed E-state index contributed by atoms with van der Waals surface area (Å²) in [7, 11) is 0. The van der Waals surface area contributed by atoms with Gasteiger partial charge in [-0.2, -0.15) is 5.26 Å². The van der Waals surface area contributed by atoms with Crippen LogP contribution in [0.5, 0.6) is 5.75 Å². The maximum atomic E-state index is 12.5. The van der Waals surface area contributed by atoms with Crippen LogP contribution in [-0.2, 0) is 16.8 Å². The first-order valence-electron chi connectivity index (χ1n) is 19.8. The number of ether oxygens (including phenoxy) is 2. The van der Waals surface area contributed by atoms with Crippen molar-refractivity contribution in [3.8, 4) is 11.8 Å². The molecular formula is C43H56ClN7O3. The molecule has 2 unspecified atom stereocenters. The maximum absolute atomic E-state index is 12.5. The Morgan fingerprint density at radius 1 is 0.889 bits per heavy atom. The van der Waals surface area contributed by atoms with Crippen LogP contribution in [0.3, 0.4) is 0 Å². The minimum atomic E-state index is -0.440. The Morgan fingerprint density at radius 2 is 1.57 bits per heavy atom. The largest absolute Gasteiger partial charge is 0.487 e. The van der Waals surface area contributed by atoms with Gasteiger partial charge in [-0.3, -0.25) is 4.90 Å². The molecule has 4 fully saturated rings. The van der Waals surface area contributed by atoms with Gasteiger partial charge in [-0.05, 0) is 125 Å². The number of fused-ring (bicyclic) bond motifs is 1. The molecule has 288 valence electrons. The number of carbonyl (C=O) groups is 1. The molecule has 1 aromatic heterocycles. The first kappa shape index (κ1) is 38.4. The fraction of sp³-hybridized carbons (Fsp3) is 0.581. The molecule has 3 aromatic rings. The van der Waals surface area contributed by atoms with E-state index in [9.17, 15) is 10.1 Å². The van der Waals surface area contributed by atoms with E-state index in [1.54, 1.807) is 6.07 Å². The lowest BCUT2D eigenvalue weighted by molar-refractivity contribution is 0.0160. The number of hydrogen-bond donors (Lipinski definition) is 0. The summed E-state index contributed by atoms with van der Waals surface area (Å²) >= 11 is 6.31. The number of benzene rings is 2. The number of hydrogen-bond acceptors (Lipinski definition) is 9. The lowest BCUT2D eigenvalue weighted by atomic mass is 9.78. The van der Waals surface area contributed by atoms with Crippen LogP contribution < -0.4 is 9.64 Å². The highest BCUT2D eigenvalue weighted by Crippen LogP contribution is 2.37. The first-order valence-corrected chi connectivity index (χ1v) is 20.2. The van der Waals surface area contributed by atoms with Crippen molar-refractivity contribution in [1.29, 1.82) is 5.26 Å². The number of halogens is 1. The fourth-order valence-corrected chi connectivity index (χ4v) is 9.11. The zero-order valence-corrected chi connectivity index (χ0v) is 33.4. The van der Waals surface area contributed by atoms with Crippen LogP contribution in [0.25, 0.3) is 0 Å². The van der Waals surface area contributed by atoms with E-state index in [0.717, 1.165) is 74.1 Å². The quantitative estimate of drug-likeness (QED) is 0.222. The number of nitrogens with zero attached hydrogens (tertiary/aromatic N) is 7. The van der Waals surface area contributed by atoms with Crippen molar-refractivity contribution in [2.75, 3.05) is 63.8 Å². The van der Waals surface area contributed by atoms with Crippen LogP contribution in [0.15, 0.2) is 54.7 Å². The molecule has 4 aliphatic heterocycles. The van der Waals surface area contributed by atoms with E-state index in [4.69, 9.17) is 26.1 Å². The summed E-state index contributed by atoms with van der Waals surface area (Å²) in [6.45, 7) is 19.9. The van der Waals surface area contributed by atoms with E-state index >= 15 is 0 Å². The molecule has 0 radical (unpaired) electrons. The minimum absolute atomic E-state index is 0.167. The highest BCUT2D eigenvalue weighted by atomic mass is 35.5. The summed E-state index contributed by atoms with van der Waals surface area (Å²) in [5.41, 5.74) is 2.76. The highest BCUT2D eigenvalue weighted by molar-refractivity contribution is 6.30. The van der Waals surface area contributed by atoms with Crippen molar-refractivity contribution in [1.82, 2.24) is 24.7 Å². The van der Waals surface area contributed by atoms with Crippen molar-refractivity contribution in [2.24, 2.45) is 17.8 Å². The SMILES string of the molecule is CC(C)(C)OC(=O)N1CCC(CN2CCC(N3CC4CN(c5nccc(COc6ccc(C(C)(C)c7cc(Cl)cc(C#N)c7)cc6)n5)CC4C3)CC2)CC1. The van der Waals surface area contributed by atoms with E-state index in [1.165, 1.54) is 39.0 Å². The van der Waals surface area contributed by atoms with E-state index in [0.29, 0.717) is 41.0 Å². The summed E-state index contributed by atoms with van der Waals surface area (Å²) in [5.74, 6) is 3.56. The Morgan fingerprint density at radius 3 is 2.22 bits per heavy atom. The molecule has 0 aliphatic carbocycles. The van der Waals surface area contributed by atoms with Gasteiger partial charge in [0.05, 0.1) is 17.3 Å². The Bertz CT molecular complexity index is 1790. The van der Waals surface area contributed by atoms with Gasteiger partial charge in [-0.1, -0.05) is 37.6 Å². The van der Waals surface area contributed by atoms with Gasteiger partial charge < -0.3 is 24.2 Å². The molecule has 2 aromatic carbocycles. The fourth-order valence-electron chi connectivity index (χ4n) is 8.87. The summed E-state index contributed by atoms with van der Waals surface area (Å²) in [6, 6.07) is 18.5. The van der Waals surface area contributed by atoms with Gasteiger partial charge in [0.2, 0.25) is 5.95 Å². The van der Waals surface area contributed by atoms with Crippen molar-refractivity contribution in [3.05, 3.63) is 82.1 Å². The molecule has 54 heavy (non-hydrogen) atoms. The number of anilines is 1. The summed E-state index contributed by atoms with van der Waals surface area (Å²) in [5, 5.41) is 9.97. The smallest absolute Gasteiger partial charge is 0.410 e. The molecule has 0 N–H and O–H groups in total. The number of amides is 1. The summed E-state index contributed by atoms with van der Waals surface area (Å²) in [4.78, 5) is 31.8. The Hall–Kier alpha value is -3.91. The minimum Gasteiger partial charge on any atom is -0.487 e. The second kappa shape index (κ2) is 16.1. The second-order valence-electron chi connectivity index (χ2n) is 17.4. The van der Waals surface area contributed by atoms with Gasteiger partial charge >= 0.3 is 6.09 Å². The zero-order valence-electron chi connectivity index (χ0n) is 32.6. The normalized spacial score (nSPS) is 21.9. The number of likely N-dealkylation sites (tertiary alicyclic amines) is 3. The molecule has 11 heteroatoms. The predicted molar refractivity (Wildman–Crippen MR) is 212 cm³/mol. The standard InChI is InChI=1S/C43H56ClN7O3/c1-42(2,3)54-41(52)49-18-11-30(12-19-49)24-48-16-13-38(14-17-48)50-25-32-27-51(28-33(32)26-50)40-46-15-10-37(47-40)29-53-39-8-6-34(7-9-39)43(4,5)35-20-31(23-45)21-36(44)22-35/h6-10,15,20-22,30,32-33,38H,11-14,16-19,24-29H2,1-5H3. The lowest BCUT2D eigenvalue weighted by Crippen LogP contribution is -2.47. The van der Waals surface area contributed by atoms with Crippen molar-refractivity contribution >= 4 is 23.6 Å². The van der Waals surface area contributed by atoms with Crippen LogP contribution in [0.2, 0.25) is 5.02 Å². The van der Waals surface area contributed by atoms with Gasteiger partial charge in [0.1, 0.15) is 18.0 Å². The predicted octanol–water partition coefficient (Wildman–Crippen LogP) is 7.39. The average molecular weight is 754 g/mol. The van der Waals surface area contributed by atoms with E-state index in [2.05, 4.69) is 51.7 Å². The first-order chi connectivity index (χ1) is 25.8. The molecular weight excluding hydrogens is 698 g/mol. The third kappa shape index (κ3) is 9.13. The topological polar surface area (TPSA) is 98.1 Å². The van der Waals surface area contributed by atoms with Gasteiger partial charge in [0.25, 0.3) is 0 Å². The molecule has 4 aliphatic rings. The highest BCUT2D eigenvalue weighted by Gasteiger charge is 2.43. The molecule has 0 saturated carbocycles. The molecule has 0 spiro atoms. The van der Waals surface area contributed by atoms with Crippen molar-refractivity contribution in [3.63, 3.8) is 0 Å². The molecule has 4 saturated heterocycles. The van der Waals surface area contributed by atoms with E-state index in [-0.39, 0.29) is 11.5 Å². The summed E-state index contributed by atoms with van der Waals surface area (Å²) in [6.07, 6.45) is 6.31. The number of nitriles is 1. The van der Waals surface area contributed by atoms with Crippen LogP contribution in [0.4, 0.5) is 10.7 Å². The van der Waals surface area contributed by atoms with Crippen LogP contribution in [-0.4, -0.2) is 101 Å². The molecule has 2 atom stereocenters. The third-order valence-electron chi connectivity index (χ3n) is 12.1. The van der Waals surface area contributed by atoms with Crippen LogP contribution in [0.1, 0.15) is 82.7 Å². The molecule has 0 bridgehead atoms. The number of carbonyl (C=O) groups excluding carboxylic acids is 1. The molecule has 5 heterocycles. The van der Waals surface area contributed by atoms with Gasteiger partial charge in [0, 0.05) is 68.5 Å². The molecule has 10 nitrogen and oxygen atoms in total. The monoisotopic (exact) mass is 753 g/mol. The Balaban J connectivity index is 0.839. The van der Waals surface area contributed by atoms with Gasteiger partial charge in [-0.15, -0.1) is 0 Å². The van der Waals surface area contributed by atoms with Crippen molar-refractivity contribution in [2.45, 2.75) is 84.0 Å². The number of rotatable bonds is 9. The molecule has 1 amide bonds. The second-order valence-corrected chi connectivity index (χ2v) is 17.9. The van der Waals surface area contributed by atoms with Crippen LogP contribution in [0, 0.1) is 29.1 Å². The van der Waals surface area contributed by atoms with Gasteiger partial charge in [0.15, 0.2) is 0 Å². The molecule has 7 rings (SSSR count). The van der Waals surface area contributed by atoms with E-state index in [1.807, 2.05) is 62.2 Å². The Kier molecular flexibility index (Phi) is 11.4. The van der Waals surface area contributed by atoms with Crippen LogP contribution >= 0.6 is 11.6 Å².